The summed E-state index contributed by atoms with van der Waals surface area (Å²) in [6, 6.07) is 11.4. The topological polar surface area (TPSA) is 171 Å². The molecule has 0 aromatic heterocycles. The molecule has 0 aliphatic heterocycles. The number of benzene rings is 2. The lowest BCUT2D eigenvalue weighted by molar-refractivity contribution is -0.119. The number of alkyl carbamates (subject to hydrolysis) is 1. The van der Waals surface area contributed by atoms with Gasteiger partial charge in [0.05, 0.1) is 25.6 Å². The van der Waals surface area contributed by atoms with E-state index in [9.17, 15) is 22.8 Å². The molecule has 0 heterocycles. The second kappa shape index (κ2) is 12.2. The van der Waals surface area contributed by atoms with E-state index in [0.29, 0.717) is 0 Å². The Morgan fingerprint density at radius 3 is 2.24 bits per heavy atom. The van der Waals surface area contributed by atoms with Crippen LogP contribution in [-0.2, 0) is 29.1 Å². The van der Waals surface area contributed by atoms with E-state index in [1.54, 1.807) is 18.2 Å². The van der Waals surface area contributed by atoms with Crippen LogP contribution in [0.4, 0.5) is 21.0 Å². The van der Waals surface area contributed by atoms with E-state index in [1.807, 2.05) is 0 Å². The number of para-hydroxylation sites is 1. The highest BCUT2D eigenvalue weighted by Gasteiger charge is 2.21. The van der Waals surface area contributed by atoms with Crippen LogP contribution in [0.3, 0.4) is 0 Å². The van der Waals surface area contributed by atoms with Crippen LogP contribution in [0.25, 0.3) is 0 Å². The van der Waals surface area contributed by atoms with E-state index in [-0.39, 0.29) is 28.6 Å². The highest BCUT2D eigenvalue weighted by molar-refractivity contribution is 7.87. The molecule has 0 radical (unpaired) electrons. The van der Waals surface area contributed by atoms with Gasteiger partial charge in [0.15, 0.2) is 0 Å². The van der Waals surface area contributed by atoms with Gasteiger partial charge in [0.25, 0.3) is 0 Å². The molecule has 0 bridgehead atoms. The lowest BCUT2D eigenvalue weighted by Gasteiger charge is -2.16. The molecule has 2 rings (SSSR count). The Kier molecular flexibility index (Phi) is 9.34. The van der Waals surface area contributed by atoms with Gasteiger partial charge >= 0.3 is 22.3 Å². The minimum atomic E-state index is -4.30. The van der Waals surface area contributed by atoms with Crippen LogP contribution >= 0.6 is 0 Å². The Balaban J connectivity index is 2.49. The molecule has 34 heavy (non-hydrogen) atoms. The van der Waals surface area contributed by atoms with E-state index >= 15 is 0 Å². The minimum Gasteiger partial charge on any atom is -0.453 e. The smallest absolute Gasteiger partial charge is 0.436 e. The largest absolute Gasteiger partial charge is 0.453 e. The van der Waals surface area contributed by atoms with Crippen LogP contribution in [-0.4, -0.2) is 60.4 Å². The summed E-state index contributed by atoms with van der Waals surface area (Å²) in [7, 11) is -0.847. The number of rotatable bonds is 7. The van der Waals surface area contributed by atoms with Crippen LogP contribution in [0.2, 0.25) is 0 Å². The van der Waals surface area contributed by atoms with Gasteiger partial charge in [-0.2, -0.15) is 8.42 Å². The van der Waals surface area contributed by atoms with Crippen molar-refractivity contribution in [2.24, 2.45) is 4.99 Å². The van der Waals surface area contributed by atoms with Crippen molar-refractivity contribution in [2.75, 3.05) is 38.6 Å². The highest BCUT2D eigenvalue weighted by Crippen LogP contribution is 2.27. The summed E-state index contributed by atoms with van der Waals surface area (Å²) in [5.41, 5.74) is 0.00573. The fourth-order valence-corrected chi connectivity index (χ4v) is 3.32. The molecule has 0 atom stereocenters. The monoisotopic (exact) mass is 494 g/mol. The summed E-state index contributed by atoms with van der Waals surface area (Å²) < 4.78 is 44.4. The predicted octanol–water partition coefficient (Wildman–Crippen LogP) is 1.93. The van der Waals surface area contributed by atoms with E-state index in [1.165, 1.54) is 31.4 Å². The number of anilines is 2. The molecule has 0 unspecified atom stereocenters. The van der Waals surface area contributed by atoms with Gasteiger partial charge in [-0.1, -0.05) is 18.2 Å². The average Bonchev–Trinajstić information content (AvgIpc) is 2.80. The summed E-state index contributed by atoms with van der Waals surface area (Å²) in [5, 5.41) is 7.21. The molecule has 0 saturated heterocycles. The van der Waals surface area contributed by atoms with Crippen molar-refractivity contribution >= 4 is 45.5 Å². The summed E-state index contributed by atoms with van der Waals surface area (Å²) in [4.78, 5) is 38.5. The van der Waals surface area contributed by atoms with Crippen molar-refractivity contribution in [3.8, 4) is 5.75 Å². The third kappa shape index (κ3) is 7.75. The van der Waals surface area contributed by atoms with Crippen LogP contribution < -0.4 is 20.1 Å². The molecule has 2 aromatic carbocycles. The first-order valence-corrected chi connectivity index (χ1v) is 10.8. The van der Waals surface area contributed by atoms with Gasteiger partial charge in [0, 0.05) is 7.11 Å². The number of methoxy groups -OCH3 is 3. The summed E-state index contributed by atoms with van der Waals surface area (Å²) in [6.45, 7) is -0.292. The van der Waals surface area contributed by atoms with Crippen LogP contribution in [0, 0.1) is 0 Å². The van der Waals surface area contributed by atoms with Crippen molar-refractivity contribution in [1.29, 1.82) is 0 Å². The van der Waals surface area contributed by atoms with Gasteiger partial charge in [-0.25, -0.2) is 9.59 Å². The molecule has 3 amide bonds. The number of aliphatic imine (C=N–C) groups is 1. The fraction of sp³-hybridized carbons (Fsp3) is 0.200. The normalized spacial score (nSPS) is 11.2. The van der Waals surface area contributed by atoms with E-state index < -0.39 is 34.2 Å². The van der Waals surface area contributed by atoms with Gasteiger partial charge in [-0.05, 0) is 30.3 Å². The quantitative estimate of drug-likeness (QED) is 0.293. The number of guanidine groups is 1. The minimum absolute atomic E-state index is 0.0683. The maximum absolute atomic E-state index is 12.8. The Hall–Kier alpha value is -4.17. The molecule has 2 aromatic rings. The van der Waals surface area contributed by atoms with Crippen LogP contribution in [0.1, 0.15) is 0 Å². The first kappa shape index (κ1) is 26.1. The average molecular weight is 494 g/mol. The van der Waals surface area contributed by atoms with Crippen LogP contribution in [0.15, 0.2) is 58.4 Å². The number of nitrogens with one attached hydrogen (secondary N) is 3. The molecule has 182 valence electrons. The van der Waals surface area contributed by atoms with Crippen molar-refractivity contribution in [2.45, 2.75) is 4.90 Å². The second-order valence-corrected chi connectivity index (χ2v) is 7.76. The molecule has 0 aliphatic rings. The number of carbonyl (C=O) groups excluding carboxylic acids is 3. The Bertz CT molecular complexity index is 1170. The van der Waals surface area contributed by atoms with Gasteiger partial charge in [-0.3, -0.25) is 10.1 Å². The zero-order valence-electron chi connectivity index (χ0n) is 18.4. The molecular formula is C20H22N4O9S. The summed E-state index contributed by atoms with van der Waals surface area (Å²) in [5.74, 6) is -0.955. The molecule has 0 aliphatic carbocycles. The van der Waals surface area contributed by atoms with Crippen molar-refractivity contribution in [3.63, 3.8) is 0 Å². The molecule has 14 heteroatoms. The van der Waals surface area contributed by atoms with E-state index in [4.69, 9.17) is 8.92 Å². The Morgan fingerprint density at radius 2 is 1.62 bits per heavy atom. The summed E-state index contributed by atoms with van der Waals surface area (Å²) in [6.07, 6.45) is -2.07. The maximum Gasteiger partial charge on any atom is 0.436 e. The molecule has 13 nitrogen and oxygen atoms in total. The van der Waals surface area contributed by atoms with Crippen molar-refractivity contribution in [3.05, 3.63) is 48.5 Å². The number of nitrogens with zero attached hydrogens (tertiary/aromatic N) is 1. The molecule has 3 N–H and O–H groups in total. The number of hydrogen-bond acceptors (Lipinski definition) is 9. The predicted molar refractivity (Wildman–Crippen MR) is 120 cm³/mol. The lowest BCUT2D eigenvalue weighted by Crippen LogP contribution is -2.37. The van der Waals surface area contributed by atoms with Gasteiger partial charge < -0.3 is 29.0 Å². The first-order chi connectivity index (χ1) is 16.2. The van der Waals surface area contributed by atoms with Crippen LogP contribution in [0.5, 0.6) is 5.75 Å². The molecule has 0 saturated carbocycles. The third-order valence-electron chi connectivity index (χ3n) is 3.82. The SMILES string of the molecule is COCC(=O)Nc1ccc(S(=O)(=O)Oc2ccccc2)cc1N/C(=N/C(=O)OC)NC(=O)OC. The molecular weight excluding hydrogens is 472 g/mol. The third-order valence-corrected chi connectivity index (χ3v) is 5.06. The van der Waals surface area contributed by atoms with Crippen molar-refractivity contribution in [1.82, 2.24) is 5.32 Å². The van der Waals surface area contributed by atoms with E-state index in [2.05, 4.69) is 30.4 Å². The first-order valence-electron chi connectivity index (χ1n) is 9.39. The van der Waals surface area contributed by atoms with Gasteiger partial charge in [0.1, 0.15) is 17.3 Å². The zero-order chi connectivity index (χ0) is 25.1. The lowest BCUT2D eigenvalue weighted by atomic mass is 10.2. The number of amides is 3. The zero-order valence-corrected chi connectivity index (χ0v) is 19.2. The van der Waals surface area contributed by atoms with E-state index in [0.717, 1.165) is 20.3 Å². The highest BCUT2D eigenvalue weighted by atomic mass is 32.2. The summed E-state index contributed by atoms with van der Waals surface area (Å²) >= 11 is 0. The molecule has 0 fully saturated rings. The number of hydrogen-bond donors (Lipinski definition) is 3. The van der Waals surface area contributed by atoms with Gasteiger partial charge in [-0.15, -0.1) is 4.99 Å². The molecule has 0 spiro atoms. The standard InChI is InChI=1S/C20H22N4O9S/c1-30-12-17(25)21-15-10-9-14(34(28,29)33-13-7-5-4-6-8-13)11-16(15)22-18(23-19(26)31-2)24-20(27)32-3/h4-11H,12H2,1-3H3,(H,21,25)(H2,22,23,24,26,27). The fourth-order valence-electron chi connectivity index (χ4n) is 2.36. The van der Waals surface area contributed by atoms with Crippen molar-refractivity contribution < 1.29 is 41.2 Å². The second-order valence-electron chi connectivity index (χ2n) is 6.21. The maximum atomic E-state index is 12.8. The Labute approximate surface area is 195 Å². The number of ether oxygens (including phenoxy) is 3. The number of carbonyl (C=O) groups is 3. The Morgan fingerprint density at radius 1 is 0.912 bits per heavy atom. The van der Waals surface area contributed by atoms with Gasteiger partial charge in [0.2, 0.25) is 11.9 Å².